The van der Waals surface area contributed by atoms with Gasteiger partial charge in [0.1, 0.15) is 6.04 Å². The molecule has 2 heterocycles. The van der Waals surface area contributed by atoms with E-state index in [4.69, 9.17) is 0 Å². The van der Waals surface area contributed by atoms with Crippen molar-refractivity contribution in [3.05, 3.63) is 30.5 Å². The topological polar surface area (TPSA) is 66.3 Å². The molecule has 1 N–H and O–H groups in total. The van der Waals surface area contributed by atoms with Gasteiger partial charge in [-0.2, -0.15) is 10.2 Å². The Hall–Kier alpha value is -2.17. The van der Waals surface area contributed by atoms with Crippen LogP contribution in [0.2, 0.25) is 0 Å². The van der Waals surface area contributed by atoms with Crippen LogP contribution >= 0.6 is 0 Å². The standard InChI is InChI=1S/C13H13N3O2/c17-13(18)11-6-3-7-16(11)12-8-14-15-10-5-2-1-4-9(10)12/h1-2,4-5,8,11H,3,6-7H2,(H,17,18). The summed E-state index contributed by atoms with van der Waals surface area (Å²) in [4.78, 5) is 13.2. The first-order valence-electron chi connectivity index (χ1n) is 5.97. The van der Waals surface area contributed by atoms with E-state index in [1.165, 1.54) is 0 Å². The minimum Gasteiger partial charge on any atom is -0.480 e. The molecule has 0 radical (unpaired) electrons. The minimum absolute atomic E-state index is 0.447. The second-order valence-corrected chi connectivity index (χ2v) is 4.44. The summed E-state index contributed by atoms with van der Waals surface area (Å²) in [5, 5.41) is 18.2. The van der Waals surface area contributed by atoms with Gasteiger partial charge in [-0.15, -0.1) is 0 Å². The van der Waals surface area contributed by atoms with E-state index in [0.29, 0.717) is 6.42 Å². The fourth-order valence-corrected chi connectivity index (χ4v) is 2.53. The number of rotatable bonds is 2. The summed E-state index contributed by atoms with van der Waals surface area (Å²) in [7, 11) is 0. The third kappa shape index (κ3) is 1.68. The number of aliphatic carboxylic acids is 1. The van der Waals surface area contributed by atoms with Crippen LogP contribution in [0.25, 0.3) is 10.9 Å². The summed E-state index contributed by atoms with van der Waals surface area (Å²) >= 11 is 0. The van der Waals surface area contributed by atoms with Crippen molar-refractivity contribution in [2.45, 2.75) is 18.9 Å². The van der Waals surface area contributed by atoms with Gasteiger partial charge in [-0.05, 0) is 18.9 Å². The van der Waals surface area contributed by atoms with Gasteiger partial charge in [0.05, 0.1) is 17.4 Å². The molecule has 0 saturated carbocycles. The van der Waals surface area contributed by atoms with E-state index >= 15 is 0 Å². The molecule has 0 bridgehead atoms. The number of carbonyl (C=O) groups is 1. The van der Waals surface area contributed by atoms with Crippen molar-refractivity contribution in [2.24, 2.45) is 0 Å². The van der Waals surface area contributed by atoms with Crippen LogP contribution in [0.5, 0.6) is 0 Å². The van der Waals surface area contributed by atoms with Crippen LogP contribution in [0, 0.1) is 0 Å². The lowest BCUT2D eigenvalue weighted by molar-refractivity contribution is -0.138. The third-order valence-corrected chi connectivity index (χ3v) is 3.37. The van der Waals surface area contributed by atoms with Gasteiger partial charge in [0.15, 0.2) is 0 Å². The van der Waals surface area contributed by atoms with Gasteiger partial charge in [0.25, 0.3) is 0 Å². The smallest absolute Gasteiger partial charge is 0.326 e. The molecule has 18 heavy (non-hydrogen) atoms. The number of aromatic nitrogens is 2. The highest BCUT2D eigenvalue weighted by atomic mass is 16.4. The number of nitrogens with zero attached hydrogens (tertiary/aromatic N) is 3. The number of benzene rings is 1. The average Bonchev–Trinajstić information content (AvgIpc) is 2.87. The monoisotopic (exact) mass is 243 g/mol. The molecule has 92 valence electrons. The van der Waals surface area contributed by atoms with Crippen LogP contribution in [0.4, 0.5) is 5.69 Å². The van der Waals surface area contributed by atoms with Crippen LogP contribution in [0.15, 0.2) is 30.5 Å². The molecule has 1 aromatic carbocycles. The maximum atomic E-state index is 11.2. The Morgan fingerprint density at radius 1 is 1.39 bits per heavy atom. The van der Waals surface area contributed by atoms with Crippen LogP contribution in [-0.4, -0.2) is 33.9 Å². The zero-order valence-corrected chi connectivity index (χ0v) is 9.78. The Morgan fingerprint density at radius 2 is 2.22 bits per heavy atom. The fourth-order valence-electron chi connectivity index (χ4n) is 2.53. The molecule has 0 amide bonds. The summed E-state index contributed by atoms with van der Waals surface area (Å²) in [5.74, 6) is -0.770. The molecule has 5 nitrogen and oxygen atoms in total. The van der Waals surface area contributed by atoms with Crippen molar-refractivity contribution in [1.82, 2.24) is 10.2 Å². The molecular weight excluding hydrogens is 230 g/mol. The fraction of sp³-hybridized carbons (Fsp3) is 0.308. The first-order chi connectivity index (χ1) is 8.77. The van der Waals surface area contributed by atoms with E-state index in [0.717, 1.165) is 29.6 Å². The highest BCUT2D eigenvalue weighted by Crippen LogP contribution is 2.30. The summed E-state index contributed by atoms with van der Waals surface area (Å²) < 4.78 is 0. The maximum Gasteiger partial charge on any atom is 0.326 e. The van der Waals surface area contributed by atoms with Crippen molar-refractivity contribution in [3.8, 4) is 0 Å². The van der Waals surface area contributed by atoms with Crippen LogP contribution in [0.1, 0.15) is 12.8 Å². The van der Waals surface area contributed by atoms with Crippen molar-refractivity contribution < 1.29 is 9.90 Å². The van der Waals surface area contributed by atoms with Gasteiger partial charge in [-0.25, -0.2) is 4.79 Å². The van der Waals surface area contributed by atoms with E-state index in [-0.39, 0.29) is 0 Å². The third-order valence-electron chi connectivity index (χ3n) is 3.37. The van der Waals surface area contributed by atoms with Gasteiger partial charge in [-0.3, -0.25) is 0 Å². The van der Waals surface area contributed by atoms with Gasteiger partial charge in [0.2, 0.25) is 0 Å². The lowest BCUT2D eigenvalue weighted by atomic mass is 10.1. The quantitative estimate of drug-likeness (QED) is 0.869. The van der Waals surface area contributed by atoms with Gasteiger partial charge >= 0.3 is 5.97 Å². The van der Waals surface area contributed by atoms with E-state index in [2.05, 4.69) is 10.2 Å². The highest BCUT2D eigenvalue weighted by molar-refractivity contribution is 5.93. The van der Waals surface area contributed by atoms with E-state index in [9.17, 15) is 9.90 Å². The lowest BCUT2D eigenvalue weighted by Crippen LogP contribution is -2.36. The van der Waals surface area contributed by atoms with Crippen LogP contribution < -0.4 is 4.90 Å². The Labute approximate surface area is 104 Å². The van der Waals surface area contributed by atoms with Crippen LogP contribution in [0.3, 0.4) is 0 Å². The summed E-state index contributed by atoms with van der Waals surface area (Å²) in [6, 6.07) is 7.23. The number of hydrogen-bond acceptors (Lipinski definition) is 4. The Bertz CT molecular complexity index is 594. The van der Waals surface area contributed by atoms with E-state index in [1.807, 2.05) is 29.2 Å². The summed E-state index contributed by atoms with van der Waals surface area (Å²) in [6.45, 7) is 0.757. The molecule has 1 aliphatic heterocycles. The normalized spacial score (nSPS) is 19.3. The largest absolute Gasteiger partial charge is 0.480 e. The molecule has 1 aromatic heterocycles. The molecule has 5 heteroatoms. The lowest BCUT2D eigenvalue weighted by Gasteiger charge is -2.24. The van der Waals surface area contributed by atoms with Crippen molar-refractivity contribution in [1.29, 1.82) is 0 Å². The zero-order chi connectivity index (χ0) is 12.5. The van der Waals surface area contributed by atoms with Gasteiger partial charge in [0, 0.05) is 11.9 Å². The van der Waals surface area contributed by atoms with E-state index < -0.39 is 12.0 Å². The van der Waals surface area contributed by atoms with Crippen molar-refractivity contribution in [2.75, 3.05) is 11.4 Å². The van der Waals surface area contributed by atoms with Gasteiger partial charge < -0.3 is 10.0 Å². The minimum atomic E-state index is -0.770. The molecule has 1 saturated heterocycles. The second-order valence-electron chi connectivity index (χ2n) is 4.44. The maximum absolute atomic E-state index is 11.2. The van der Waals surface area contributed by atoms with Crippen molar-refractivity contribution in [3.63, 3.8) is 0 Å². The second kappa shape index (κ2) is 4.25. The number of hydrogen-bond donors (Lipinski definition) is 1. The molecular formula is C13H13N3O2. The van der Waals surface area contributed by atoms with Crippen molar-refractivity contribution >= 4 is 22.6 Å². The highest BCUT2D eigenvalue weighted by Gasteiger charge is 2.31. The molecule has 1 fully saturated rings. The molecule has 1 aliphatic rings. The molecule has 0 spiro atoms. The number of carboxylic acids is 1. The molecule has 3 rings (SSSR count). The van der Waals surface area contributed by atoms with Gasteiger partial charge in [-0.1, -0.05) is 18.2 Å². The molecule has 1 unspecified atom stereocenters. The summed E-state index contributed by atoms with van der Waals surface area (Å²) in [5.41, 5.74) is 1.66. The van der Waals surface area contributed by atoms with Crippen LogP contribution in [-0.2, 0) is 4.79 Å². The predicted octanol–water partition coefficient (Wildman–Crippen LogP) is 1.68. The molecule has 2 aromatic rings. The average molecular weight is 243 g/mol. The van der Waals surface area contributed by atoms with E-state index in [1.54, 1.807) is 6.20 Å². The molecule has 0 aliphatic carbocycles. The number of fused-ring (bicyclic) bond motifs is 1. The first kappa shape index (κ1) is 11.0. The Morgan fingerprint density at radius 3 is 3.06 bits per heavy atom. The number of carboxylic acid groups (broad SMARTS) is 1. The zero-order valence-electron chi connectivity index (χ0n) is 9.78. The first-order valence-corrected chi connectivity index (χ1v) is 5.97. The Kier molecular flexibility index (Phi) is 2.59. The summed E-state index contributed by atoms with van der Waals surface area (Å²) in [6.07, 6.45) is 3.24. The predicted molar refractivity (Wildman–Crippen MR) is 67.5 cm³/mol. The number of anilines is 1. The Balaban J connectivity index is 2.11. The molecule has 1 atom stereocenters. The SMILES string of the molecule is O=C(O)C1CCCN1c1cnnc2ccccc12.